The summed E-state index contributed by atoms with van der Waals surface area (Å²) in [6.07, 6.45) is 2.88. The third kappa shape index (κ3) is 6.54. The number of hydrogen-bond acceptors (Lipinski definition) is 4. The highest BCUT2D eigenvalue weighted by atomic mass is 16.4. The first-order valence-electron chi connectivity index (χ1n) is 7.62. The number of nitrogens with zero attached hydrogens (tertiary/aromatic N) is 1. The normalized spacial score (nSPS) is 10.4. The number of furan rings is 1. The lowest BCUT2D eigenvalue weighted by Crippen LogP contribution is -2.25. The summed E-state index contributed by atoms with van der Waals surface area (Å²) in [5, 5.41) is 11.7. The lowest BCUT2D eigenvalue weighted by molar-refractivity contribution is -0.130. The summed E-state index contributed by atoms with van der Waals surface area (Å²) >= 11 is 0. The number of unbranched alkanes of at least 4 members (excludes halogenated alkanes) is 2. The molecule has 23 heavy (non-hydrogen) atoms. The molecule has 0 unspecified atom stereocenters. The van der Waals surface area contributed by atoms with Gasteiger partial charge < -0.3 is 19.7 Å². The lowest BCUT2D eigenvalue weighted by atomic mass is 10.2. The van der Waals surface area contributed by atoms with Crippen LogP contribution in [0.5, 0.6) is 0 Å². The average Bonchev–Trinajstić information content (AvgIpc) is 2.82. The van der Waals surface area contributed by atoms with Crippen LogP contribution in [0.3, 0.4) is 0 Å². The van der Waals surface area contributed by atoms with E-state index < -0.39 is 5.97 Å². The van der Waals surface area contributed by atoms with Crippen molar-refractivity contribution in [2.75, 3.05) is 13.6 Å². The van der Waals surface area contributed by atoms with Crippen molar-refractivity contribution >= 4 is 17.8 Å². The van der Waals surface area contributed by atoms with Gasteiger partial charge in [-0.3, -0.25) is 9.59 Å². The number of carbonyl (C=O) groups is 3. The molecule has 0 saturated heterocycles. The monoisotopic (exact) mass is 324 g/mol. The maximum atomic E-state index is 12.0. The molecule has 2 amide bonds. The van der Waals surface area contributed by atoms with Gasteiger partial charge in [0.25, 0.3) is 0 Å². The zero-order valence-corrected chi connectivity index (χ0v) is 13.8. The van der Waals surface area contributed by atoms with Crippen LogP contribution in [-0.2, 0) is 16.1 Å². The van der Waals surface area contributed by atoms with Gasteiger partial charge >= 0.3 is 5.97 Å². The van der Waals surface area contributed by atoms with E-state index in [2.05, 4.69) is 5.32 Å². The average molecular weight is 324 g/mol. The minimum Gasteiger partial charge on any atom is -0.478 e. The van der Waals surface area contributed by atoms with Crippen LogP contribution in [0, 0.1) is 6.92 Å². The van der Waals surface area contributed by atoms with E-state index >= 15 is 0 Å². The van der Waals surface area contributed by atoms with Gasteiger partial charge in [0.1, 0.15) is 17.1 Å². The second kappa shape index (κ2) is 8.97. The Morgan fingerprint density at radius 2 is 1.96 bits per heavy atom. The van der Waals surface area contributed by atoms with Crippen LogP contribution in [0.15, 0.2) is 10.5 Å². The molecule has 0 saturated carbocycles. The quantitative estimate of drug-likeness (QED) is 0.676. The maximum Gasteiger partial charge on any atom is 0.339 e. The fraction of sp³-hybridized carbons (Fsp3) is 0.562. The molecule has 0 atom stereocenters. The molecule has 1 aromatic heterocycles. The van der Waals surface area contributed by atoms with Crippen LogP contribution in [0.4, 0.5) is 0 Å². The van der Waals surface area contributed by atoms with Crippen molar-refractivity contribution in [3.63, 3.8) is 0 Å². The molecular weight excluding hydrogens is 300 g/mol. The van der Waals surface area contributed by atoms with E-state index in [-0.39, 0.29) is 23.9 Å². The molecule has 0 aliphatic rings. The molecule has 7 nitrogen and oxygen atoms in total. The van der Waals surface area contributed by atoms with Crippen molar-refractivity contribution < 1.29 is 23.9 Å². The predicted octanol–water partition coefficient (Wildman–Crippen LogP) is 1.94. The van der Waals surface area contributed by atoms with Gasteiger partial charge in [-0.05, 0) is 25.8 Å². The summed E-state index contributed by atoms with van der Waals surface area (Å²) < 4.78 is 5.36. The highest BCUT2D eigenvalue weighted by Crippen LogP contribution is 2.16. The molecule has 128 valence electrons. The molecule has 0 aliphatic heterocycles. The highest BCUT2D eigenvalue weighted by molar-refractivity contribution is 5.88. The van der Waals surface area contributed by atoms with Crippen molar-refractivity contribution in [3.05, 3.63) is 23.2 Å². The third-order valence-corrected chi connectivity index (χ3v) is 3.46. The number of hydrogen-bond donors (Lipinski definition) is 2. The first-order chi connectivity index (χ1) is 10.8. The molecular formula is C16H24N2O5. The Labute approximate surface area is 135 Å². The van der Waals surface area contributed by atoms with Crippen LogP contribution in [-0.4, -0.2) is 41.4 Å². The number of nitrogens with one attached hydrogen (secondary N) is 1. The lowest BCUT2D eigenvalue weighted by Gasteiger charge is -2.15. The highest BCUT2D eigenvalue weighted by Gasteiger charge is 2.16. The van der Waals surface area contributed by atoms with E-state index in [0.717, 1.165) is 19.3 Å². The summed E-state index contributed by atoms with van der Waals surface area (Å²) in [5.74, 6) is -0.302. The Hall–Kier alpha value is -2.31. The van der Waals surface area contributed by atoms with Gasteiger partial charge in [-0.2, -0.15) is 0 Å². The molecule has 0 aromatic carbocycles. The largest absolute Gasteiger partial charge is 0.478 e. The minimum absolute atomic E-state index is 0.0181. The van der Waals surface area contributed by atoms with Crippen LogP contribution in [0.1, 0.15) is 54.5 Å². The number of amides is 2. The van der Waals surface area contributed by atoms with Crippen molar-refractivity contribution in [2.45, 2.75) is 46.1 Å². The summed E-state index contributed by atoms with van der Waals surface area (Å²) in [6.45, 7) is 3.94. The third-order valence-electron chi connectivity index (χ3n) is 3.46. The standard InChI is InChI=1S/C16H24N2O5/c1-11-14(16(21)22)9-13(23-11)10-18(3)15(20)7-5-4-6-8-17-12(2)19/h9H,4-8,10H2,1-3H3,(H,17,19)(H,21,22). The molecule has 2 N–H and O–H groups in total. The first kappa shape index (κ1) is 18.7. The van der Waals surface area contributed by atoms with Gasteiger partial charge in [-0.15, -0.1) is 0 Å². The van der Waals surface area contributed by atoms with Gasteiger partial charge in [0, 0.05) is 26.9 Å². The van der Waals surface area contributed by atoms with Gasteiger partial charge in [-0.1, -0.05) is 6.42 Å². The molecule has 0 radical (unpaired) electrons. The van der Waals surface area contributed by atoms with Crippen LogP contribution < -0.4 is 5.32 Å². The first-order valence-corrected chi connectivity index (χ1v) is 7.62. The van der Waals surface area contributed by atoms with Crippen LogP contribution in [0.2, 0.25) is 0 Å². The summed E-state index contributed by atoms with van der Waals surface area (Å²) in [7, 11) is 1.66. The fourth-order valence-corrected chi connectivity index (χ4v) is 2.19. The topological polar surface area (TPSA) is 99.9 Å². The Morgan fingerprint density at radius 1 is 1.26 bits per heavy atom. The fourth-order valence-electron chi connectivity index (χ4n) is 2.19. The molecule has 7 heteroatoms. The van der Waals surface area contributed by atoms with E-state index in [1.807, 2.05) is 0 Å². The maximum absolute atomic E-state index is 12.0. The molecule has 0 spiro atoms. The second-order valence-corrected chi connectivity index (χ2v) is 5.53. The van der Waals surface area contributed by atoms with E-state index in [1.54, 1.807) is 14.0 Å². The molecule has 1 heterocycles. The van der Waals surface area contributed by atoms with Crippen LogP contribution >= 0.6 is 0 Å². The van der Waals surface area contributed by atoms with E-state index in [1.165, 1.54) is 17.9 Å². The Balaban J connectivity index is 2.32. The van der Waals surface area contributed by atoms with Gasteiger partial charge in [0.2, 0.25) is 11.8 Å². The molecule has 1 aromatic rings. The van der Waals surface area contributed by atoms with Crippen molar-refractivity contribution in [3.8, 4) is 0 Å². The zero-order chi connectivity index (χ0) is 17.4. The van der Waals surface area contributed by atoms with E-state index in [4.69, 9.17) is 9.52 Å². The second-order valence-electron chi connectivity index (χ2n) is 5.53. The Bertz CT molecular complexity index is 565. The van der Waals surface area contributed by atoms with Gasteiger partial charge in [0.15, 0.2) is 0 Å². The summed E-state index contributed by atoms with van der Waals surface area (Å²) in [5.41, 5.74) is 0.124. The van der Waals surface area contributed by atoms with E-state index in [0.29, 0.717) is 24.5 Å². The van der Waals surface area contributed by atoms with E-state index in [9.17, 15) is 14.4 Å². The summed E-state index contributed by atoms with van der Waals surface area (Å²) in [4.78, 5) is 35.2. The van der Waals surface area contributed by atoms with Gasteiger partial charge in [0.05, 0.1) is 6.54 Å². The molecule has 0 fully saturated rings. The Kier molecular flexibility index (Phi) is 7.31. The number of carbonyl (C=O) groups excluding carboxylic acids is 2. The number of aromatic carboxylic acids is 1. The number of carboxylic acid groups (broad SMARTS) is 1. The van der Waals surface area contributed by atoms with Crippen molar-refractivity contribution in [1.82, 2.24) is 10.2 Å². The SMILES string of the molecule is CC(=O)NCCCCCC(=O)N(C)Cc1cc(C(=O)O)c(C)o1. The number of carboxylic acids is 1. The van der Waals surface area contributed by atoms with Crippen LogP contribution in [0.25, 0.3) is 0 Å². The van der Waals surface area contributed by atoms with Crippen molar-refractivity contribution in [1.29, 1.82) is 0 Å². The summed E-state index contributed by atoms with van der Waals surface area (Å²) in [6, 6.07) is 1.45. The number of aryl methyl sites for hydroxylation is 1. The minimum atomic E-state index is -1.04. The predicted molar refractivity (Wildman–Crippen MR) is 84.0 cm³/mol. The Morgan fingerprint density at radius 3 is 2.52 bits per heavy atom. The number of rotatable bonds is 9. The molecule has 1 rings (SSSR count). The zero-order valence-electron chi connectivity index (χ0n) is 13.8. The molecule has 0 bridgehead atoms. The van der Waals surface area contributed by atoms with Gasteiger partial charge in [-0.25, -0.2) is 4.79 Å². The smallest absolute Gasteiger partial charge is 0.339 e. The molecule has 0 aliphatic carbocycles. The van der Waals surface area contributed by atoms with Crippen molar-refractivity contribution in [2.24, 2.45) is 0 Å².